The Morgan fingerprint density at radius 2 is 2.05 bits per heavy atom. The topological polar surface area (TPSA) is 44.7 Å². The highest BCUT2D eigenvalue weighted by atomic mass is 16.5. The maximum Gasteiger partial charge on any atom is 0.125 e. The zero-order chi connectivity index (χ0) is 15.0. The van der Waals surface area contributed by atoms with E-state index in [1.165, 1.54) is 5.56 Å². The van der Waals surface area contributed by atoms with Crippen molar-refractivity contribution >= 4 is 5.69 Å². The van der Waals surface area contributed by atoms with Gasteiger partial charge in [-0.25, -0.2) is 0 Å². The number of hydrogen-bond acceptors (Lipinski definition) is 4. The van der Waals surface area contributed by atoms with E-state index >= 15 is 0 Å². The molecule has 0 aliphatic heterocycles. The largest absolute Gasteiger partial charge is 0.496 e. The summed E-state index contributed by atoms with van der Waals surface area (Å²) < 4.78 is 5.53. The molecule has 0 radical (unpaired) electrons. The molecular formula is C16H28N2O2. The fourth-order valence-electron chi connectivity index (χ4n) is 2.57. The van der Waals surface area contributed by atoms with Gasteiger partial charge in [0.1, 0.15) is 5.75 Å². The number of methoxy groups -OCH3 is 1. The van der Waals surface area contributed by atoms with Gasteiger partial charge in [-0.15, -0.1) is 0 Å². The highest BCUT2D eigenvalue weighted by Crippen LogP contribution is 2.34. The summed E-state index contributed by atoms with van der Waals surface area (Å²) >= 11 is 0. The van der Waals surface area contributed by atoms with Crippen LogP contribution in [0.5, 0.6) is 5.75 Å². The van der Waals surface area contributed by atoms with E-state index < -0.39 is 0 Å². The van der Waals surface area contributed by atoms with E-state index in [1.54, 1.807) is 7.11 Å². The molecule has 1 aromatic carbocycles. The number of anilines is 1. The molecular weight excluding hydrogens is 252 g/mol. The van der Waals surface area contributed by atoms with Gasteiger partial charge in [-0.1, -0.05) is 19.9 Å². The maximum absolute atomic E-state index is 9.30. The molecule has 0 amide bonds. The number of nitrogens with one attached hydrogen (secondary N) is 1. The summed E-state index contributed by atoms with van der Waals surface area (Å²) in [7, 11) is 1.71. The van der Waals surface area contributed by atoms with E-state index in [4.69, 9.17) is 4.74 Å². The molecule has 0 aromatic heterocycles. The summed E-state index contributed by atoms with van der Waals surface area (Å²) in [5.41, 5.74) is 2.31. The molecule has 0 bridgehead atoms. The molecule has 1 aromatic rings. The second-order valence-electron chi connectivity index (χ2n) is 4.88. The quantitative estimate of drug-likeness (QED) is 0.730. The van der Waals surface area contributed by atoms with E-state index in [1.807, 2.05) is 12.1 Å². The zero-order valence-electron chi connectivity index (χ0n) is 13.1. The molecule has 4 nitrogen and oxygen atoms in total. The highest BCUT2D eigenvalue weighted by Gasteiger charge is 2.19. The van der Waals surface area contributed by atoms with Crippen molar-refractivity contribution in [1.82, 2.24) is 5.32 Å². The Bertz CT molecular complexity index is 390. The SMILES string of the molecule is CCCN(CCO)c1cccc(OC)c1C(C)NCC. The second kappa shape index (κ2) is 8.82. The molecule has 2 N–H and O–H groups in total. The highest BCUT2D eigenvalue weighted by molar-refractivity contribution is 5.60. The predicted octanol–water partition coefficient (Wildman–Crippen LogP) is 2.57. The molecule has 20 heavy (non-hydrogen) atoms. The molecule has 4 heteroatoms. The van der Waals surface area contributed by atoms with Crippen molar-refractivity contribution < 1.29 is 9.84 Å². The lowest BCUT2D eigenvalue weighted by atomic mass is 10.0. The number of rotatable bonds is 9. The van der Waals surface area contributed by atoms with Gasteiger partial charge in [-0.3, -0.25) is 0 Å². The van der Waals surface area contributed by atoms with Gasteiger partial charge in [0.15, 0.2) is 0 Å². The van der Waals surface area contributed by atoms with Crippen LogP contribution in [0, 0.1) is 0 Å². The maximum atomic E-state index is 9.30. The first-order valence-corrected chi connectivity index (χ1v) is 7.45. The molecule has 114 valence electrons. The van der Waals surface area contributed by atoms with Crippen LogP contribution in [-0.4, -0.2) is 38.5 Å². The summed E-state index contributed by atoms with van der Waals surface area (Å²) in [6, 6.07) is 6.33. The minimum absolute atomic E-state index is 0.159. The molecule has 1 unspecified atom stereocenters. The van der Waals surface area contributed by atoms with Crippen molar-refractivity contribution in [3.05, 3.63) is 23.8 Å². The van der Waals surface area contributed by atoms with Crippen LogP contribution in [0.3, 0.4) is 0 Å². The summed E-state index contributed by atoms with van der Waals surface area (Å²) in [6.45, 7) is 9.04. The number of hydrogen-bond donors (Lipinski definition) is 2. The van der Waals surface area contributed by atoms with E-state index in [2.05, 4.69) is 37.1 Å². The minimum atomic E-state index is 0.159. The fourth-order valence-corrected chi connectivity index (χ4v) is 2.57. The van der Waals surface area contributed by atoms with Gasteiger partial charge in [-0.2, -0.15) is 0 Å². The first-order valence-electron chi connectivity index (χ1n) is 7.45. The summed E-state index contributed by atoms with van der Waals surface area (Å²) in [5.74, 6) is 0.898. The molecule has 0 fully saturated rings. The van der Waals surface area contributed by atoms with E-state index in [-0.39, 0.29) is 12.6 Å². The van der Waals surface area contributed by atoms with Crippen LogP contribution < -0.4 is 15.0 Å². The third-order valence-corrected chi connectivity index (χ3v) is 3.41. The van der Waals surface area contributed by atoms with Crippen LogP contribution in [-0.2, 0) is 0 Å². The molecule has 0 aliphatic carbocycles. The Labute approximate surface area is 122 Å². The lowest BCUT2D eigenvalue weighted by Crippen LogP contribution is -2.30. The third kappa shape index (κ3) is 4.12. The Morgan fingerprint density at radius 3 is 2.60 bits per heavy atom. The fraction of sp³-hybridized carbons (Fsp3) is 0.625. The van der Waals surface area contributed by atoms with Gasteiger partial charge < -0.3 is 20.1 Å². The standard InChI is InChI=1S/C16H28N2O2/c1-5-10-18(11-12-19)14-8-7-9-15(20-4)16(14)13(3)17-6-2/h7-9,13,17,19H,5-6,10-12H2,1-4H3. The Kier molecular flexibility index (Phi) is 7.41. The summed E-state index contributed by atoms with van der Waals surface area (Å²) in [5, 5.41) is 12.7. The van der Waals surface area contributed by atoms with Crippen molar-refractivity contribution in [3.8, 4) is 5.75 Å². The van der Waals surface area contributed by atoms with Gasteiger partial charge in [-0.05, 0) is 32.0 Å². The van der Waals surface area contributed by atoms with Crippen molar-refractivity contribution in [3.63, 3.8) is 0 Å². The average Bonchev–Trinajstić information content (AvgIpc) is 2.46. The Hall–Kier alpha value is -1.26. The van der Waals surface area contributed by atoms with Crippen LogP contribution in [0.1, 0.15) is 38.8 Å². The number of aliphatic hydroxyl groups is 1. The molecule has 1 rings (SSSR count). The van der Waals surface area contributed by atoms with Crippen molar-refractivity contribution in [2.75, 3.05) is 38.3 Å². The van der Waals surface area contributed by atoms with Crippen molar-refractivity contribution in [1.29, 1.82) is 0 Å². The monoisotopic (exact) mass is 280 g/mol. The van der Waals surface area contributed by atoms with Crippen LogP contribution in [0.15, 0.2) is 18.2 Å². The minimum Gasteiger partial charge on any atom is -0.496 e. The van der Waals surface area contributed by atoms with Crippen molar-refractivity contribution in [2.45, 2.75) is 33.2 Å². The zero-order valence-corrected chi connectivity index (χ0v) is 13.1. The number of aliphatic hydroxyl groups excluding tert-OH is 1. The predicted molar refractivity (Wildman–Crippen MR) is 84.7 cm³/mol. The van der Waals surface area contributed by atoms with Gasteiger partial charge in [0.2, 0.25) is 0 Å². The molecule has 0 spiro atoms. The molecule has 0 saturated heterocycles. The van der Waals surface area contributed by atoms with Crippen LogP contribution in [0.2, 0.25) is 0 Å². The lowest BCUT2D eigenvalue weighted by Gasteiger charge is -2.29. The Morgan fingerprint density at radius 1 is 1.30 bits per heavy atom. The number of benzene rings is 1. The average molecular weight is 280 g/mol. The van der Waals surface area contributed by atoms with Gasteiger partial charge >= 0.3 is 0 Å². The smallest absolute Gasteiger partial charge is 0.125 e. The van der Waals surface area contributed by atoms with E-state index in [0.717, 1.165) is 30.9 Å². The Balaban J connectivity index is 3.21. The lowest BCUT2D eigenvalue weighted by molar-refractivity contribution is 0.301. The number of nitrogens with zero attached hydrogens (tertiary/aromatic N) is 1. The first-order chi connectivity index (χ1) is 9.69. The van der Waals surface area contributed by atoms with E-state index in [0.29, 0.717) is 6.54 Å². The van der Waals surface area contributed by atoms with Gasteiger partial charge in [0.25, 0.3) is 0 Å². The van der Waals surface area contributed by atoms with Gasteiger partial charge in [0.05, 0.1) is 13.7 Å². The molecule has 0 heterocycles. The molecule has 1 atom stereocenters. The molecule has 0 saturated carbocycles. The normalized spacial score (nSPS) is 12.2. The van der Waals surface area contributed by atoms with E-state index in [9.17, 15) is 5.11 Å². The van der Waals surface area contributed by atoms with Crippen LogP contribution >= 0.6 is 0 Å². The molecule has 0 aliphatic rings. The summed E-state index contributed by atoms with van der Waals surface area (Å²) in [4.78, 5) is 2.23. The summed E-state index contributed by atoms with van der Waals surface area (Å²) in [6.07, 6.45) is 1.05. The second-order valence-corrected chi connectivity index (χ2v) is 4.88. The third-order valence-electron chi connectivity index (χ3n) is 3.41. The van der Waals surface area contributed by atoms with Crippen molar-refractivity contribution in [2.24, 2.45) is 0 Å². The van der Waals surface area contributed by atoms with Gasteiger partial charge in [0, 0.05) is 30.4 Å². The van der Waals surface area contributed by atoms with Crippen LogP contribution in [0.4, 0.5) is 5.69 Å². The van der Waals surface area contributed by atoms with Crippen LogP contribution in [0.25, 0.3) is 0 Å². The number of ether oxygens (including phenoxy) is 1. The first kappa shape index (κ1) is 16.8.